The third kappa shape index (κ3) is 4.97. The molecular formula is C16H30N2O2. The first-order chi connectivity index (χ1) is 9.32. The first-order valence-electron chi connectivity index (χ1n) is 8.07. The van der Waals surface area contributed by atoms with Gasteiger partial charge in [0.25, 0.3) is 0 Å². The molecule has 0 radical (unpaired) electrons. The molecule has 2 aliphatic carbocycles. The Morgan fingerprint density at radius 1 is 1.25 bits per heavy atom. The Balaban J connectivity index is 1.56. The van der Waals surface area contributed by atoms with Gasteiger partial charge in [-0.3, -0.25) is 0 Å². The monoisotopic (exact) mass is 282 g/mol. The number of carbonyl (C=O) groups excluding carboxylic acids is 1. The van der Waals surface area contributed by atoms with Crippen molar-refractivity contribution in [3.05, 3.63) is 0 Å². The predicted octanol–water partition coefficient (Wildman–Crippen LogP) is 3.21. The van der Waals surface area contributed by atoms with Gasteiger partial charge in [0.2, 0.25) is 0 Å². The zero-order valence-corrected chi connectivity index (χ0v) is 13.4. The number of ether oxygens (including phenoxy) is 1. The molecular weight excluding hydrogens is 252 g/mol. The number of nitrogens with one attached hydrogen (secondary N) is 2. The Kier molecular flexibility index (Phi) is 4.95. The van der Waals surface area contributed by atoms with Crippen molar-refractivity contribution >= 4 is 6.09 Å². The van der Waals surface area contributed by atoms with Crippen LogP contribution in [-0.2, 0) is 4.74 Å². The molecule has 0 aromatic carbocycles. The minimum atomic E-state index is -0.414. The van der Waals surface area contributed by atoms with E-state index in [2.05, 4.69) is 17.6 Å². The van der Waals surface area contributed by atoms with Gasteiger partial charge in [0, 0.05) is 18.1 Å². The lowest BCUT2D eigenvalue weighted by atomic mass is 9.80. The Morgan fingerprint density at radius 2 is 1.90 bits per heavy atom. The van der Waals surface area contributed by atoms with Crippen LogP contribution < -0.4 is 10.6 Å². The van der Waals surface area contributed by atoms with Gasteiger partial charge in [-0.1, -0.05) is 19.3 Å². The Bertz CT molecular complexity index is 328. The molecule has 2 fully saturated rings. The third-order valence-corrected chi connectivity index (χ3v) is 4.29. The molecule has 1 unspecified atom stereocenters. The van der Waals surface area contributed by atoms with Gasteiger partial charge in [-0.15, -0.1) is 0 Å². The molecule has 0 heterocycles. The van der Waals surface area contributed by atoms with Gasteiger partial charge >= 0.3 is 6.09 Å². The predicted molar refractivity (Wildman–Crippen MR) is 80.7 cm³/mol. The van der Waals surface area contributed by atoms with Gasteiger partial charge in [0.05, 0.1) is 0 Å². The normalized spacial score (nSPS) is 28.2. The second kappa shape index (κ2) is 6.33. The van der Waals surface area contributed by atoms with Gasteiger partial charge in [-0.05, 0) is 52.9 Å². The highest BCUT2D eigenvalue weighted by Gasteiger charge is 2.32. The summed E-state index contributed by atoms with van der Waals surface area (Å²) in [6.07, 6.45) is 7.31. The summed E-state index contributed by atoms with van der Waals surface area (Å²) in [6.45, 7) is 7.95. The Hall–Kier alpha value is -0.770. The molecule has 2 rings (SSSR count). The van der Waals surface area contributed by atoms with Crippen molar-refractivity contribution in [2.24, 2.45) is 5.92 Å². The van der Waals surface area contributed by atoms with Crippen molar-refractivity contribution in [1.29, 1.82) is 0 Å². The summed E-state index contributed by atoms with van der Waals surface area (Å²) in [6, 6.07) is 1.44. The fourth-order valence-electron chi connectivity index (χ4n) is 3.04. The second-order valence-electron chi connectivity index (χ2n) is 7.61. The van der Waals surface area contributed by atoms with Crippen LogP contribution in [0.2, 0.25) is 0 Å². The molecule has 116 valence electrons. The second-order valence-corrected chi connectivity index (χ2v) is 7.61. The van der Waals surface area contributed by atoms with E-state index in [-0.39, 0.29) is 12.1 Å². The van der Waals surface area contributed by atoms with Crippen LogP contribution in [0.5, 0.6) is 0 Å². The van der Waals surface area contributed by atoms with Crippen LogP contribution in [0, 0.1) is 5.92 Å². The molecule has 0 bridgehead atoms. The summed E-state index contributed by atoms with van der Waals surface area (Å²) in [4.78, 5) is 11.6. The molecule has 0 aromatic heterocycles. The fourth-order valence-corrected chi connectivity index (χ4v) is 3.04. The van der Waals surface area contributed by atoms with Crippen LogP contribution in [0.1, 0.15) is 66.2 Å². The van der Waals surface area contributed by atoms with Crippen LogP contribution in [0.25, 0.3) is 0 Å². The van der Waals surface area contributed by atoms with Crippen molar-refractivity contribution in [3.8, 4) is 0 Å². The molecule has 2 saturated carbocycles. The zero-order valence-electron chi connectivity index (χ0n) is 13.4. The minimum Gasteiger partial charge on any atom is -0.444 e. The summed E-state index contributed by atoms with van der Waals surface area (Å²) in [5.41, 5.74) is -0.414. The van der Waals surface area contributed by atoms with Crippen molar-refractivity contribution in [2.45, 2.75) is 89.9 Å². The van der Waals surface area contributed by atoms with Crippen molar-refractivity contribution in [1.82, 2.24) is 10.6 Å². The van der Waals surface area contributed by atoms with Gasteiger partial charge in [0.15, 0.2) is 0 Å². The molecule has 0 aliphatic heterocycles. The molecule has 0 aromatic rings. The maximum absolute atomic E-state index is 11.6. The number of amides is 1. The summed E-state index contributed by atoms with van der Waals surface area (Å²) in [5.74, 6) is 0.952. The molecule has 2 aliphatic rings. The lowest BCUT2D eigenvalue weighted by Crippen LogP contribution is -2.55. The van der Waals surface area contributed by atoms with Crippen LogP contribution in [0.4, 0.5) is 4.79 Å². The summed E-state index contributed by atoms with van der Waals surface area (Å²) in [7, 11) is 0. The standard InChI is InChI=1S/C16H30N2O2/c1-11(8-12-6-5-7-12)17-13-9-14(10-13)18-15(19)20-16(2,3)4/h11-14,17H,5-10H2,1-4H3,(H,18,19). The molecule has 4 nitrogen and oxygen atoms in total. The van der Waals surface area contributed by atoms with Crippen LogP contribution in [0.15, 0.2) is 0 Å². The number of carbonyl (C=O) groups is 1. The Morgan fingerprint density at radius 3 is 2.40 bits per heavy atom. The quantitative estimate of drug-likeness (QED) is 0.814. The molecule has 1 atom stereocenters. The minimum absolute atomic E-state index is 0.276. The molecule has 2 N–H and O–H groups in total. The summed E-state index contributed by atoms with van der Waals surface area (Å²) < 4.78 is 5.26. The lowest BCUT2D eigenvalue weighted by Gasteiger charge is -2.39. The van der Waals surface area contributed by atoms with Crippen molar-refractivity contribution in [3.63, 3.8) is 0 Å². The molecule has 0 spiro atoms. The third-order valence-electron chi connectivity index (χ3n) is 4.29. The van der Waals surface area contributed by atoms with Gasteiger partial charge in [0.1, 0.15) is 5.60 Å². The first-order valence-corrected chi connectivity index (χ1v) is 8.07. The van der Waals surface area contributed by atoms with Gasteiger partial charge in [-0.2, -0.15) is 0 Å². The van der Waals surface area contributed by atoms with E-state index in [0.29, 0.717) is 12.1 Å². The molecule has 20 heavy (non-hydrogen) atoms. The van der Waals surface area contributed by atoms with E-state index >= 15 is 0 Å². The summed E-state index contributed by atoms with van der Waals surface area (Å²) in [5, 5.41) is 6.61. The highest BCUT2D eigenvalue weighted by atomic mass is 16.6. The SMILES string of the molecule is CC(CC1CCC1)NC1CC(NC(=O)OC(C)(C)C)C1. The van der Waals surface area contributed by atoms with Crippen molar-refractivity contribution in [2.75, 3.05) is 0 Å². The number of rotatable bonds is 5. The average molecular weight is 282 g/mol. The lowest BCUT2D eigenvalue weighted by molar-refractivity contribution is 0.0462. The van der Waals surface area contributed by atoms with E-state index in [4.69, 9.17) is 4.74 Å². The Labute approximate surface area is 123 Å². The zero-order chi connectivity index (χ0) is 14.8. The van der Waals surface area contributed by atoms with E-state index in [9.17, 15) is 4.79 Å². The average Bonchev–Trinajstić information content (AvgIpc) is 2.17. The molecule has 1 amide bonds. The fraction of sp³-hybridized carbons (Fsp3) is 0.938. The maximum atomic E-state index is 11.6. The van der Waals surface area contributed by atoms with E-state index in [1.807, 2.05) is 20.8 Å². The largest absolute Gasteiger partial charge is 0.444 e. The van der Waals surface area contributed by atoms with Gasteiger partial charge in [-0.25, -0.2) is 4.79 Å². The first kappa shape index (κ1) is 15.6. The summed E-state index contributed by atoms with van der Waals surface area (Å²) >= 11 is 0. The number of hydrogen-bond donors (Lipinski definition) is 2. The van der Waals surface area contributed by atoms with E-state index in [1.54, 1.807) is 0 Å². The molecule has 4 heteroatoms. The number of hydrogen-bond acceptors (Lipinski definition) is 3. The van der Waals surface area contributed by atoms with Crippen molar-refractivity contribution < 1.29 is 9.53 Å². The van der Waals surface area contributed by atoms with Crippen LogP contribution >= 0.6 is 0 Å². The number of alkyl carbamates (subject to hydrolysis) is 1. The highest BCUT2D eigenvalue weighted by molar-refractivity contribution is 5.68. The smallest absolute Gasteiger partial charge is 0.407 e. The topological polar surface area (TPSA) is 50.4 Å². The highest BCUT2D eigenvalue weighted by Crippen LogP contribution is 2.31. The van der Waals surface area contributed by atoms with E-state index in [0.717, 1.165) is 18.8 Å². The van der Waals surface area contributed by atoms with Crippen LogP contribution in [0.3, 0.4) is 0 Å². The maximum Gasteiger partial charge on any atom is 0.407 e. The van der Waals surface area contributed by atoms with E-state index in [1.165, 1.54) is 25.7 Å². The van der Waals surface area contributed by atoms with E-state index < -0.39 is 5.60 Å². The van der Waals surface area contributed by atoms with Crippen LogP contribution in [-0.4, -0.2) is 29.8 Å². The van der Waals surface area contributed by atoms with Gasteiger partial charge < -0.3 is 15.4 Å². The molecule has 0 saturated heterocycles.